The molecule has 0 spiro atoms. The number of anilines is 1. The Labute approximate surface area is 139 Å². The Balaban J connectivity index is 0.00000200. The summed E-state index contributed by atoms with van der Waals surface area (Å²) in [5, 5.41) is 3.10. The number of hydrogen-bond acceptors (Lipinski definition) is 1. The zero-order chi connectivity index (χ0) is 13.3. The zero-order valence-corrected chi connectivity index (χ0v) is 14.4. The number of nitrogens with two attached hydrogens (primary N) is 1. The highest BCUT2D eigenvalue weighted by Gasteiger charge is 2.13. The third kappa shape index (κ3) is 6.59. The van der Waals surface area contributed by atoms with Crippen molar-refractivity contribution < 1.29 is 0 Å². The van der Waals surface area contributed by atoms with Crippen LogP contribution in [0.4, 0.5) is 5.69 Å². The largest absolute Gasteiger partial charge is 0.370 e. The van der Waals surface area contributed by atoms with E-state index in [0.717, 1.165) is 24.6 Å². The van der Waals surface area contributed by atoms with Gasteiger partial charge in [-0.3, -0.25) is 4.99 Å². The fraction of sp³-hybridized carbons (Fsp3) is 0.562. The second-order valence-corrected chi connectivity index (χ2v) is 5.40. The van der Waals surface area contributed by atoms with Crippen LogP contribution in [0.3, 0.4) is 0 Å². The molecule has 1 aromatic carbocycles. The number of aliphatic imine (C=N–C) groups is 1. The summed E-state index contributed by atoms with van der Waals surface area (Å²) >= 11 is 0. The summed E-state index contributed by atoms with van der Waals surface area (Å²) in [6.07, 6.45) is 9.58. The van der Waals surface area contributed by atoms with Gasteiger partial charge in [0.05, 0.1) is 0 Å². The molecule has 0 unspecified atom stereocenters. The molecule has 1 aromatic rings. The van der Waals surface area contributed by atoms with Crippen LogP contribution in [-0.4, -0.2) is 12.5 Å². The maximum atomic E-state index is 5.85. The maximum absolute atomic E-state index is 5.85. The summed E-state index contributed by atoms with van der Waals surface area (Å²) in [6, 6.07) is 9.93. The minimum absolute atomic E-state index is 0. The monoisotopic (exact) mass is 387 g/mol. The van der Waals surface area contributed by atoms with Crippen molar-refractivity contribution >= 4 is 35.6 Å². The van der Waals surface area contributed by atoms with Crippen molar-refractivity contribution in [1.82, 2.24) is 0 Å². The van der Waals surface area contributed by atoms with E-state index >= 15 is 0 Å². The van der Waals surface area contributed by atoms with Crippen molar-refractivity contribution in [3.8, 4) is 0 Å². The molecule has 0 radical (unpaired) electrons. The third-order valence-electron chi connectivity index (χ3n) is 3.82. The third-order valence-corrected chi connectivity index (χ3v) is 3.82. The first-order valence-corrected chi connectivity index (χ1v) is 7.46. The number of benzene rings is 1. The van der Waals surface area contributed by atoms with Gasteiger partial charge in [0.1, 0.15) is 0 Å². The summed E-state index contributed by atoms with van der Waals surface area (Å²) < 4.78 is 0. The van der Waals surface area contributed by atoms with Crippen LogP contribution in [0.1, 0.15) is 44.9 Å². The lowest BCUT2D eigenvalue weighted by Crippen LogP contribution is -2.22. The Bertz CT molecular complexity index is 386. The van der Waals surface area contributed by atoms with Crippen LogP contribution < -0.4 is 11.1 Å². The Morgan fingerprint density at radius 1 is 1.15 bits per heavy atom. The molecule has 0 saturated heterocycles. The summed E-state index contributed by atoms with van der Waals surface area (Å²) in [7, 11) is 0. The van der Waals surface area contributed by atoms with Crippen molar-refractivity contribution in [3.63, 3.8) is 0 Å². The molecular formula is C16H26IN3. The fourth-order valence-electron chi connectivity index (χ4n) is 2.75. The second kappa shape index (κ2) is 10.0. The topological polar surface area (TPSA) is 50.4 Å². The predicted molar refractivity (Wildman–Crippen MR) is 97.8 cm³/mol. The van der Waals surface area contributed by atoms with E-state index in [0.29, 0.717) is 5.96 Å². The molecule has 1 aliphatic carbocycles. The number of guanidine groups is 1. The van der Waals surface area contributed by atoms with E-state index in [9.17, 15) is 0 Å². The highest BCUT2D eigenvalue weighted by atomic mass is 127. The van der Waals surface area contributed by atoms with E-state index < -0.39 is 0 Å². The minimum Gasteiger partial charge on any atom is -0.370 e. The molecule has 2 rings (SSSR count). The fourth-order valence-corrected chi connectivity index (χ4v) is 2.75. The molecule has 4 heteroatoms. The lowest BCUT2D eigenvalue weighted by atomic mass is 10.0. The second-order valence-electron chi connectivity index (χ2n) is 5.40. The molecule has 20 heavy (non-hydrogen) atoms. The molecule has 3 N–H and O–H groups in total. The van der Waals surface area contributed by atoms with E-state index in [1.807, 2.05) is 30.3 Å². The summed E-state index contributed by atoms with van der Waals surface area (Å²) in [5.41, 5.74) is 6.84. The Kier molecular flexibility index (Phi) is 8.65. The molecule has 0 amide bonds. The van der Waals surface area contributed by atoms with Crippen LogP contribution in [0.2, 0.25) is 0 Å². The number of para-hydroxylation sites is 1. The van der Waals surface area contributed by atoms with Gasteiger partial charge in [-0.05, 0) is 24.5 Å². The van der Waals surface area contributed by atoms with Crippen LogP contribution in [0.5, 0.6) is 0 Å². The molecule has 0 aromatic heterocycles. The van der Waals surface area contributed by atoms with Crippen LogP contribution in [0, 0.1) is 5.92 Å². The lowest BCUT2D eigenvalue weighted by molar-refractivity contribution is 0.476. The predicted octanol–water partition coefficient (Wildman–Crippen LogP) is 4.39. The highest BCUT2D eigenvalue weighted by molar-refractivity contribution is 14.0. The Morgan fingerprint density at radius 3 is 2.55 bits per heavy atom. The van der Waals surface area contributed by atoms with Gasteiger partial charge in [0, 0.05) is 12.2 Å². The maximum Gasteiger partial charge on any atom is 0.193 e. The molecule has 112 valence electrons. The van der Waals surface area contributed by atoms with Gasteiger partial charge in [-0.1, -0.05) is 56.7 Å². The molecule has 1 fully saturated rings. The van der Waals surface area contributed by atoms with E-state index in [-0.39, 0.29) is 24.0 Å². The number of rotatable bonds is 6. The molecule has 0 bridgehead atoms. The van der Waals surface area contributed by atoms with Gasteiger partial charge in [0.25, 0.3) is 0 Å². The van der Waals surface area contributed by atoms with Gasteiger partial charge in [-0.25, -0.2) is 0 Å². The summed E-state index contributed by atoms with van der Waals surface area (Å²) in [5.74, 6) is 1.51. The molecule has 0 atom stereocenters. The van der Waals surface area contributed by atoms with Crippen molar-refractivity contribution in [1.29, 1.82) is 0 Å². The number of halogens is 1. The van der Waals surface area contributed by atoms with E-state index in [1.165, 1.54) is 38.5 Å². The number of hydrogen-bond donors (Lipinski definition) is 2. The average Bonchev–Trinajstić information content (AvgIpc) is 2.92. The summed E-state index contributed by atoms with van der Waals surface area (Å²) in [6.45, 7) is 0.832. The van der Waals surface area contributed by atoms with Gasteiger partial charge in [0.15, 0.2) is 5.96 Å². The van der Waals surface area contributed by atoms with Gasteiger partial charge in [-0.15, -0.1) is 24.0 Å². The standard InChI is InChI=1S/C16H25N3.HI/c17-16(19-15-11-2-1-3-12-15)18-13-7-6-10-14-8-4-5-9-14;/h1-3,11-12,14H,4-10,13H2,(H3,17,18,19);1H. The smallest absolute Gasteiger partial charge is 0.193 e. The lowest BCUT2D eigenvalue weighted by Gasteiger charge is -2.07. The van der Waals surface area contributed by atoms with Crippen LogP contribution in [-0.2, 0) is 0 Å². The van der Waals surface area contributed by atoms with Crippen molar-refractivity contribution in [2.75, 3.05) is 11.9 Å². The number of nitrogens with zero attached hydrogens (tertiary/aromatic N) is 1. The van der Waals surface area contributed by atoms with Crippen molar-refractivity contribution in [2.45, 2.75) is 44.9 Å². The van der Waals surface area contributed by atoms with E-state index in [2.05, 4.69) is 10.3 Å². The van der Waals surface area contributed by atoms with E-state index in [4.69, 9.17) is 5.73 Å². The average molecular weight is 387 g/mol. The van der Waals surface area contributed by atoms with Gasteiger partial charge >= 0.3 is 0 Å². The van der Waals surface area contributed by atoms with Crippen LogP contribution >= 0.6 is 24.0 Å². The zero-order valence-electron chi connectivity index (χ0n) is 12.1. The molecule has 3 nitrogen and oxygen atoms in total. The molecule has 1 saturated carbocycles. The van der Waals surface area contributed by atoms with Gasteiger partial charge < -0.3 is 11.1 Å². The first-order valence-electron chi connectivity index (χ1n) is 7.46. The molecule has 1 aliphatic rings. The molecule has 0 aliphatic heterocycles. The van der Waals surface area contributed by atoms with Gasteiger partial charge in [0.2, 0.25) is 0 Å². The van der Waals surface area contributed by atoms with Crippen molar-refractivity contribution in [3.05, 3.63) is 30.3 Å². The quantitative estimate of drug-likeness (QED) is 0.329. The summed E-state index contributed by atoms with van der Waals surface area (Å²) in [4.78, 5) is 4.37. The minimum atomic E-state index is 0. The van der Waals surface area contributed by atoms with Crippen LogP contribution in [0.25, 0.3) is 0 Å². The molecular weight excluding hydrogens is 361 g/mol. The Hall–Kier alpha value is -0.780. The Morgan fingerprint density at radius 2 is 1.85 bits per heavy atom. The van der Waals surface area contributed by atoms with Gasteiger partial charge in [-0.2, -0.15) is 0 Å². The number of unbranched alkanes of at least 4 members (excludes halogenated alkanes) is 1. The first-order chi connectivity index (χ1) is 9.34. The van der Waals surface area contributed by atoms with Crippen molar-refractivity contribution in [2.24, 2.45) is 16.6 Å². The highest BCUT2D eigenvalue weighted by Crippen LogP contribution is 2.28. The van der Waals surface area contributed by atoms with Crippen LogP contribution in [0.15, 0.2) is 35.3 Å². The van der Waals surface area contributed by atoms with E-state index in [1.54, 1.807) is 0 Å². The number of nitrogens with one attached hydrogen (secondary N) is 1. The first kappa shape index (κ1) is 17.3. The SMILES string of the molecule is I.NC(=NCCCCC1CCCC1)Nc1ccccc1. The molecule has 0 heterocycles. The normalized spacial score (nSPS) is 15.9.